The van der Waals surface area contributed by atoms with Crippen LogP contribution < -0.4 is 0 Å². The highest BCUT2D eigenvalue weighted by Crippen LogP contribution is 2.50. The van der Waals surface area contributed by atoms with Crippen molar-refractivity contribution in [1.29, 1.82) is 0 Å². The molecule has 29 heavy (non-hydrogen) atoms. The van der Waals surface area contributed by atoms with Gasteiger partial charge in [0.15, 0.2) is 12.3 Å². The van der Waals surface area contributed by atoms with Gasteiger partial charge in [-0.25, -0.2) is 0 Å². The van der Waals surface area contributed by atoms with E-state index in [4.69, 9.17) is 4.18 Å². The average Bonchev–Trinajstić information content (AvgIpc) is 3.13. The Morgan fingerprint density at radius 2 is 1.48 bits per heavy atom. The van der Waals surface area contributed by atoms with Crippen molar-refractivity contribution in [1.82, 2.24) is 5.06 Å². The van der Waals surface area contributed by atoms with E-state index in [0.717, 1.165) is 0 Å². The molecule has 0 spiro atoms. The van der Waals surface area contributed by atoms with Crippen LogP contribution in [0, 0.1) is 28.6 Å². The summed E-state index contributed by atoms with van der Waals surface area (Å²) >= 11 is 0. The van der Waals surface area contributed by atoms with E-state index >= 15 is 0 Å². The number of nitrogens with zero attached hydrogens (tertiary/aromatic N) is 2. The van der Waals surface area contributed by atoms with Crippen molar-refractivity contribution in [2.75, 3.05) is 6.54 Å². The van der Waals surface area contributed by atoms with Gasteiger partial charge in [0.25, 0.3) is 32.1 Å². The van der Waals surface area contributed by atoms with Gasteiger partial charge in [0.1, 0.15) is 11.8 Å². The summed E-state index contributed by atoms with van der Waals surface area (Å²) in [5, 5.41) is -1.96. The topological polar surface area (TPSA) is 161 Å². The van der Waals surface area contributed by atoms with E-state index in [2.05, 4.69) is 4.28 Å². The number of fused-ring (bicyclic) bond motifs is 3. The van der Waals surface area contributed by atoms with E-state index in [9.17, 15) is 36.1 Å². The van der Waals surface area contributed by atoms with Gasteiger partial charge in [-0.05, 0) is 27.7 Å². The number of amides is 2. The number of hydrogen-bond donors (Lipinski definition) is 0. The number of carbonyl (C=O) groups is 3. The maximum Gasteiger partial charge on any atom is 0.329 e. The minimum atomic E-state index is -4.28. The largest absolute Gasteiger partial charge is 0.329 e. The number of rotatable bonds is 6. The molecular weight excluding hydrogens is 432 g/mol. The van der Waals surface area contributed by atoms with Crippen molar-refractivity contribution in [2.24, 2.45) is 23.7 Å². The van der Waals surface area contributed by atoms with Crippen molar-refractivity contribution in [3.8, 4) is 0 Å². The fourth-order valence-electron chi connectivity index (χ4n) is 3.73. The Balaban J connectivity index is 1.90. The van der Waals surface area contributed by atoms with Crippen LogP contribution in [0.1, 0.15) is 27.7 Å². The molecule has 1 saturated carbocycles. The lowest BCUT2D eigenvalue weighted by molar-refractivity contribution is -0.603. The van der Waals surface area contributed by atoms with Crippen LogP contribution in [0.15, 0.2) is 0 Å². The molecule has 2 amide bonds. The second-order valence-corrected chi connectivity index (χ2v) is 12.0. The van der Waals surface area contributed by atoms with Crippen LogP contribution in [-0.4, -0.2) is 67.5 Å². The lowest BCUT2D eigenvalue weighted by Crippen LogP contribution is -2.41. The minimum Gasteiger partial charge on any atom is -0.298 e. The van der Waals surface area contributed by atoms with E-state index in [-0.39, 0.29) is 9.82 Å². The summed E-state index contributed by atoms with van der Waals surface area (Å²) in [7, 11) is -8.43. The van der Waals surface area contributed by atoms with Crippen LogP contribution in [0.5, 0.6) is 0 Å². The van der Waals surface area contributed by atoms with E-state index in [1.54, 1.807) is 0 Å². The maximum absolute atomic E-state index is 12.8. The normalized spacial score (nSPS) is 32.6. The molecule has 0 aromatic heterocycles. The number of imide groups is 1. The van der Waals surface area contributed by atoms with Gasteiger partial charge in [-0.1, -0.05) is 0 Å². The molecule has 0 aromatic carbocycles. The first kappa shape index (κ1) is 21.9. The number of hydroxylamine groups is 2. The van der Waals surface area contributed by atoms with Crippen molar-refractivity contribution in [3.63, 3.8) is 0 Å². The fraction of sp³-hybridized carbons (Fsp3) is 0.800. The molecule has 0 N–H and O–H groups in total. The molecule has 2 saturated heterocycles. The summed E-state index contributed by atoms with van der Waals surface area (Å²) < 4.78 is 57.8. The summed E-state index contributed by atoms with van der Waals surface area (Å²) in [6, 6.07) is 0. The van der Waals surface area contributed by atoms with Gasteiger partial charge in [-0.2, -0.15) is 21.0 Å². The summed E-state index contributed by atoms with van der Waals surface area (Å²) in [4.78, 5) is 50.3. The van der Waals surface area contributed by atoms with Gasteiger partial charge in [-0.15, -0.1) is 9.35 Å². The highest BCUT2D eigenvalue weighted by molar-refractivity contribution is 7.87. The zero-order valence-electron chi connectivity index (χ0n) is 16.0. The Morgan fingerprint density at radius 1 is 0.931 bits per heavy atom. The lowest BCUT2D eigenvalue weighted by Gasteiger charge is -2.18. The number of nitroso groups, excluding NO2 is 1. The number of carbonyl (C=O) groups excluding carboxylic acids is 3. The zero-order valence-corrected chi connectivity index (χ0v) is 17.7. The third-order valence-corrected chi connectivity index (χ3v) is 8.55. The molecule has 3 rings (SSSR count). The third kappa shape index (κ3) is 3.31. The second-order valence-electron chi connectivity index (χ2n) is 7.81. The molecule has 2 heterocycles. The Hall–Kier alpha value is -1.77. The Bertz CT molecular complexity index is 1000. The number of hydrogen-bond acceptors (Lipinski definition) is 10. The van der Waals surface area contributed by atoms with Crippen molar-refractivity contribution < 1.29 is 44.4 Å². The summed E-state index contributed by atoms with van der Waals surface area (Å²) in [6.45, 7) is 4.82. The van der Waals surface area contributed by atoms with E-state index < -0.39 is 84.8 Å². The minimum absolute atomic E-state index is 0.0625. The predicted octanol–water partition coefficient (Wildman–Crippen LogP) is -1.05. The molecule has 0 aromatic rings. The molecular formula is C15H21N2O10S2+. The standard InChI is InChI=1S/C15H21N2O10S2/c1-6(2)28(22,23)26-15-10-8(5-16(15)21)9-11(12(10)18)14(20)17(13(9)19)27-29(24,25)7(3)4/h6-11,15H,5H2,1-4H3/q+1. The number of Topliss-reactive ketones (excluding diaryl/α,β-unsaturated/α-hetero) is 1. The quantitative estimate of drug-likeness (QED) is 0.210. The molecule has 5 atom stereocenters. The number of ketones is 1. The predicted molar refractivity (Wildman–Crippen MR) is 93.4 cm³/mol. The first-order valence-electron chi connectivity index (χ1n) is 8.91. The van der Waals surface area contributed by atoms with Crippen LogP contribution >= 0.6 is 0 Å². The highest BCUT2D eigenvalue weighted by Gasteiger charge is 2.73. The molecule has 12 nitrogen and oxygen atoms in total. The first-order chi connectivity index (χ1) is 13.2. The highest BCUT2D eigenvalue weighted by atomic mass is 32.2. The van der Waals surface area contributed by atoms with Crippen molar-refractivity contribution >= 4 is 37.8 Å². The summed E-state index contributed by atoms with van der Waals surface area (Å²) in [6.07, 6.45) is -1.68. The monoisotopic (exact) mass is 453 g/mol. The van der Waals surface area contributed by atoms with E-state index in [1.165, 1.54) is 27.7 Å². The third-order valence-electron chi connectivity index (χ3n) is 5.42. The van der Waals surface area contributed by atoms with Gasteiger partial charge in [-0.3, -0.25) is 14.4 Å². The van der Waals surface area contributed by atoms with Crippen LogP contribution in [0.25, 0.3) is 0 Å². The van der Waals surface area contributed by atoms with Gasteiger partial charge in [0, 0.05) is 9.67 Å². The van der Waals surface area contributed by atoms with Gasteiger partial charge < -0.3 is 0 Å². The molecule has 0 bridgehead atoms. The van der Waals surface area contributed by atoms with Gasteiger partial charge in [0.2, 0.25) is 0 Å². The average molecular weight is 453 g/mol. The van der Waals surface area contributed by atoms with Crippen LogP contribution in [-0.2, 0) is 43.1 Å². The molecule has 2 aliphatic heterocycles. The smallest absolute Gasteiger partial charge is 0.298 e. The molecule has 3 aliphatic rings. The van der Waals surface area contributed by atoms with Crippen LogP contribution in [0.3, 0.4) is 0 Å². The second kappa shape index (κ2) is 6.89. The Kier molecular flexibility index (Phi) is 5.21. The van der Waals surface area contributed by atoms with Crippen LogP contribution in [0.4, 0.5) is 0 Å². The zero-order chi connectivity index (χ0) is 22.0. The maximum atomic E-state index is 12.8. The fourth-order valence-corrected chi connectivity index (χ4v) is 4.97. The van der Waals surface area contributed by atoms with Crippen molar-refractivity contribution in [2.45, 2.75) is 44.4 Å². The molecule has 3 fully saturated rings. The summed E-state index contributed by atoms with van der Waals surface area (Å²) in [5.41, 5.74) is 0. The molecule has 5 unspecified atom stereocenters. The molecule has 0 radical (unpaired) electrons. The van der Waals surface area contributed by atoms with Crippen LogP contribution in [0.2, 0.25) is 0 Å². The lowest BCUT2D eigenvalue weighted by atomic mass is 9.90. The Labute approximate surface area is 167 Å². The van der Waals surface area contributed by atoms with Crippen molar-refractivity contribution in [3.05, 3.63) is 4.91 Å². The summed E-state index contributed by atoms with van der Waals surface area (Å²) in [5.74, 6) is -8.18. The molecule has 162 valence electrons. The van der Waals surface area contributed by atoms with Gasteiger partial charge in [0.05, 0.1) is 22.3 Å². The SMILES string of the molecule is CC(C)S(=O)(=O)OC1C2C(=O)C3C(=O)N(OS(=O)(=O)C(C)C)C(=O)C3C2C[N+]1=O. The Morgan fingerprint density at radius 3 is 2.00 bits per heavy atom. The molecule has 14 heteroatoms. The van der Waals surface area contributed by atoms with Gasteiger partial charge >= 0.3 is 6.23 Å². The first-order valence-corrected chi connectivity index (χ1v) is 11.9. The van der Waals surface area contributed by atoms with E-state index in [0.29, 0.717) is 0 Å². The molecule has 1 aliphatic carbocycles. The van der Waals surface area contributed by atoms with E-state index in [1.807, 2.05) is 0 Å².